The number of nitrogens with one attached hydrogen (secondary N) is 1. The first-order chi connectivity index (χ1) is 12.6. The predicted molar refractivity (Wildman–Crippen MR) is 115 cm³/mol. The van der Waals surface area contributed by atoms with E-state index in [1.807, 2.05) is 52.9 Å². The van der Waals surface area contributed by atoms with Gasteiger partial charge < -0.3 is 5.32 Å². The van der Waals surface area contributed by atoms with Crippen molar-refractivity contribution in [2.45, 2.75) is 55.4 Å². The Kier molecular flexibility index (Phi) is 6.47. The highest BCUT2D eigenvalue weighted by Gasteiger charge is 2.14. The fraction of sp³-hybridized carbons (Fsp3) is 0.455. The van der Waals surface area contributed by atoms with Crippen LogP contribution in [0.15, 0.2) is 29.4 Å². The fourth-order valence-electron chi connectivity index (χ4n) is 2.67. The van der Waals surface area contributed by atoms with Crippen LogP contribution in [0.2, 0.25) is 0 Å². The molecule has 2 aromatic heterocycles. The SMILES string of the molecule is C/C=C(/c1ccc(N=C(C)C)c(C)n1)c1cnc(NCC(C)(C)C)nc1C. The number of aliphatic imine (C=N–C) groups is 1. The van der Waals surface area contributed by atoms with E-state index in [9.17, 15) is 0 Å². The highest BCUT2D eigenvalue weighted by Crippen LogP contribution is 2.27. The Hall–Kier alpha value is -2.56. The van der Waals surface area contributed by atoms with Crippen molar-refractivity contribution >= 4 is 22.9 Å². The quantitative estimate of drug-likeness (QED) is 0.710. The first-order valence-electron chi connectivity index (χ1n) is 9.35. The second-order valence-corrected chi connectivity index (χ2v) is 8.17. The summed E-state index contributed by atoms with van der Waals surface area (Å²) in [6, 6.07) is 4.03. The molecule has 0 fully saturated rings. The van der Waals surface area contributed by atoms with Crippen molar-refractivity contribution in [3.63, 3.8) is 0 Å². The number of aryl methyl sites for hydroxylation is 2. The zero-order valence-corrected chi connectivity index (χ0v) is 17.8. The van der Waals surface area contributed by atoms with Gasteiger partial charge in [0.15, 0.2) is 0 Å². The van der Waals surface area contributed by atoms with Gasteiger partial charge >= 0.3 is 0 Å². The van der Waals surface area contributed by atoms with E-state index in [1.54, 1.807) is 0 Å². The van der Waals surface area contributed by atoms with Gasteiger partial charge in [0, 0.05) is 29.6 Å². The number of aromatic nitrogens is 3. The van der Waals surface area contributed by atoms with Crippen LogP contribution in [0.25, 0.3) is 5.57 Å². The van der Waals surface area contributed by atoms with Gasteiger partial charge in [-0.2, -0.15) is 0 Å². The molecule has 0 aliphatic heterocycles. The number of anilines is 1. The molecule has 2 heterocycles. The fourth-order valence-corrected chi connectivity index (χ4v) is 2.67. The van der Waals surface area contributed by atoms with E-state index < -0.39 is 0 Å². The average molecular weight is 366 g/mol. The Morgan fingerprint density at radius 1 is 1.11 bits per heavy atom. The van der Waals surface area contributed by atoms with Gasteiger partial charge in [-0.05, 0) is 52.2 Å². The number of rotatable bonds is 5. The van der Waals surface area contributed by atoms with E-state index in [4.69, 9.17) is 4.98 Å². The molecule has 0 saturated carbocycles. The van der Waals surface area contributed by atoms with E-state index >= 15 is 0 Å². The number of hydrogen-bond acceptors (Lipinski definition) is 5. The summed E-state index contributed by atoms with van der Waals surface area (Å²) in [6.07, 6.45) is 3.94. The summed E-state index contributed by atoms with van der Waals surface area (Å²) in [4.78, 5) is 18.4. The Bertz CT molecular complexity index is 869. The molecule has 144 valence electrons. The van der Waals surface area contributed by atoms with Crippen LogP contribution < -0.4 is 5.32 Å². The van der Waals surface area contributed by atoms with Gasteiger partial charge in [0.05, 0.1) is 22.8 Å². The van der Waals surface area contributed by atoms with Crippen molar-refractivity contribution in [2.24, 2.45) is 10.4 Å². The summed E-state index contributed by atoms with van der Waals surface area (Å²) < 4.78 is 0. The standard InChI is InChI=1S/C22H31N5/c1-9-17(20-11-10-19(16(5)26-20)25-14(2)3)18-12-23-21(27-15(18)4)24-13-22(6,7)8/h9-12H,13H2,1-8H3,(H,23,24,27)/b17-9+. The topological polar surface area (TPSA) is 63.1 Å². The zero-order chi connectivity index (χ0) is 20.2. The summed E-state index contributed by atoms with van der Waals surface area (Å²) >= 11 is 0. The van der Waals surface area contributed by atoms with Crippen LogP contribution in [0.1, 0.15) is 64.2 Å². The van der Waals surface area contributed by atoms with Crippen molar-refractivity contribution in [3.8, 4) is 0 Å². The van der Waals surface area contributed by atoms with Crippen molar-refractivity contribution < 1.29 is 0 Å². The molecule has 0 atom stereocenters. The van der Waals surface area contributed by atoms with Crippen LogP contribution in [0.5, 0.6) is 0 Å². The molecular formula is C22H31N5. The van der Waals surface area contributed by atoms with Gasteiger partial charge in [0.25, 0.3) is 0 Å². The number of pyridine rings is 1. The predicted octanol–water partition coefficient (Wildman–Crippen LogP) is 5.51. The number of allylic oxidation sites excluding steroid dienone is 1. The monoisotopic (exact) mass is 365 g/mol. The molecule has 5 heteroatoms. The van der Waals surface area contributed by atoms with Gasteiger partial charge in [-0.3, -0.25) is 9.98 Å². The molecule has 0 aromatic carbocycles. The van der Waals surface area contributed by atoms with Crippen LogP contribution in [-0.4, -0.2) is 27.2 Å². The van der Waals surface area contributed by atoms with Crippen LogP contribution in [0, 0.1) is 19.3 Å². The lowest BCUT2D eigenvalue weighted by Gasteiger charge is -2.19. The molecule has 0 saturated heterocycles. The number of hydrogen-bond donors (Lipinski definition) is 1. The van der Waals surface area contributed by atoms with Gasteiger partial charge in [-0.15, -0.1) is 0 Å². The minimum atomic E-state index is 0.174. The summed E-state index contributed by atoms with van der Waals surface area (Å²) in [5, 5.41) is 3.31. The molecular weight excluding hydrogens is 334 g/mol. The van der Waals surface area contributed by atoms with E-state index in [2.05, 4.69) is 47.1 Å². The second kappa shape index (κ2) is 8.42. The van der Waals surface area contributed by atoms with Crippen LogP contribution in [0.4, 0.5) is 11.6 Å². The van der Waals surface area contributed by atoms with Gasteiger partial charge in [-0.1, -0.05) is 26.8 Å². The molecule has 0 amide bonds. The second-order valence-electron chi connectivity index (χ2n) is 8.17. The molecule has 0 radical (unpaired) electrons. The smallest absolute Gasteiger partial charge is 0.222 e. The Morgan fingerprint density at radius 3 is 2.33 bits per heavy atom. The van der Waals surface area contributed by atoms with Crippen LogP contribution in [0.3, 0.4) is 0 Å². The first kappa shape index (κ1) is 20.7. The summed E-state index contributed by atoms with van der Waals surface area (Å²) in [6.45, 7) is 17.3. The lowest BCUT2D eigenvalue weighted by molar-refractivity contribution is 0.441. The molecule has 0 bridgehead atoms. The third-order valence-corrected chi connectivity index (χ3v) is 4.01. The van der Waals surface area contributed by atoms with Gasteiger partial charge in [0.1, 0.15) is 0 Å². The summed E-state index contributed by atoms with van der Waals surface area (Å²) in [5.74, 6) is 0.661. The van der Waals surface area contributed by atoms with Crippen molar-refractivity contribution in [1.82, 2.24) is 15.0 Å². The molecule has 2 rings (SSSR count). The zero-order valence-electron chi connectivity index (χ0n) is 17.8. The largest absolute Gasteiger partial charge is 0.354 e. The highest BCUT2D eigenvalue weighted by atomic mass is 15.1. The van der Waals surface area contributed by atoms with Gasteiger partial charge in [0.2, 0.25) is 5.95 Å². The van der Waals surface area contributed by atoms with Crippen molar-refractivity contribution in [3.05, 3.63) is 47.1 Å². The normalized spacial score (nSPS) is 12.1. The van der Waals surface area contributed by atoms with E-state index in [-0.39, 0.29) is 5.41 Å². The Balaban J connectivity index is 2.33. The minimum absolute atomic E-state index is 0.174. The molecule has 2 aromatic rings. The summed E-state index contributed by atoms with van der Waals surface area (Å²) in [5.41, 5.74) is 6.87. The van der Waals surface area contributed by atoms with E-state index in [1.165, 1.54) is 0 Å². The molecule has 0 unspecified atom stereocenters. The Labute approximate surface area is 163 Å². The Morgan fingerprint density at radius 2 is 1.81 bits per heavy atom. The maximum atomic E-state index is 4.76. The molecule has 0 spiro atoms. The minimum Gasteiger partial charge on any atom is -0.354 e. The highest BCUT2D eigenvalue weighted by molar-refractivity contribution is 5.83. The third-order valence-electron chi connectivity index (χ3n) is 4.01. The van der Waals surface area contributed by atoms with Crippen LogP contribution in [-0.2, 0) is 0 Å². The van der Waals surface area contributed by atoms with Crippen molar-refractivity contribution in [2.75, 3.05) is 11.9 Å². The van der Waals surface area contributed by atoms with Gasteiger partial charge in [-0.25, -0.2) is 9.97 Å². The lowest BCUT2D eigenvalue weighted by atomic mass is 9.97. The number of nitrogens with zero attached hydrogens (tertiary/aromatic N) is 4. The third kappa shape index (κ3) is 5.71. The maximum Gasteiger partial charge on any atom is 0.222 e. The van der Waals surface area contributed by atoms with Crippen LogP contribution >= 0.6 is 0 Å². The van der Waals surface area contributed by atoms with E-state index in [0.717, 1.165) is 46.2 Å². The maximum absolute atomic E-state index is 4.76. The average Bonchev–Trinajstić information content (AvgIpc) is 2.56. The first-order valence-corrected chi connectivity index (χ1v) is 9.35. The van der Waals surface area contributed by atoms with Crippen molar-refractivity contribution in [1.29, 1.82) is 0 Å². The summed E-state index contributed by atoms with van der Waals surface area (Å²) in [7, 11) is 0. The molecule has 0 aliphatic carbocycles. The molecule has 5 nitrogen and oxygen atoms in total. The molecule has 27 heavy (non-hydrogen) atoms. The molecule has 0 aliphatic rings. The van der Waals surface area contributed by atoms with E-state index in [0.29, 0.717) is 5.95 Å². The lowest BCUT2D eigenvalue weighted by Crippen LogP contribution is -2.20. The molecule has 1 N–H and O–H groups in total.